The van der Waals surface area contributed by atoms with Gasteiger partial charge in [-0.2, -0.15) is 0 Å². The van der Waals surface area contributed by atoms with Gasteiger partial charge >= 0.3 is 0 Å². The lowest BCUT2D eigenvalue weighted by atomic mass is 10.2. The summed E-state index contributed by atoms with van der Waals surface area (Å²) in [5, 5.41) is 2.48. The number of sulfonamides is 1. The van der Waals surface area contributed by atoms with Crippen molar-refractivity contribution >= 4 is 27.3 Å². The van der Waals surface area contributed by atoms with Crippen LogP contribution in [0, 0.1) is 20.8 Å². The highest BCUT2D eigenvalue weighted by atomic mass is 32.2. The van der Waals surface area contributed by atoms with Gasteiger partial charge < -0.3 is 15.8 Å². The summed E-state index contributed by atoms with van der Waals surface area (Å²) in [6.45, 7) is 13.7. The maximum Gasteiger partial charge on any atom is 0.257 e. The molecule has 3 rings (SSSR count). The average Bonchev–Trinajstić information content (AvgIpc) is 2.91. The molecule has 3 aromatic carbocycles. The molecule has 0 atom stereocenters. The molecule has 1 amide bonds. The molecule has 0 aliphatic heterocycles. The molecule has 0 aromatic heterocycles. The van der Waals surface area contributed by atoms with E-state index in [-0.39, 0.29) is 12.5 Å². The molecule has 0 aliphatic carbocycles. The Morgan fingerprint density at radius 1 is 0.854 bits per heavy atom. The number of rotatable bonds is 7. The highest BCUT2D eigenvalue weighted by Gasteiger charge is 2.00. The smallest absolute Gasteiger partial charge is 0.257 e. The minimum absolute atomic E-state index is 0.0690. The van der Waals surface area contributed by atoms with Crippen molar-refractivity contribution in [2.75, 3.05) is 30.4 Å². The third-order valence-corrected chi connectivity index (χ3v) is 5.39. The number of hydrogen-bond acceptors (Lipinski definition) is 5. The quantitative estimate of drug-likeness (QED) is 0.212. The van der Waals surface area contributed by atoms with Gasteiger partial charge in [0.25, 0.3) is 5.91 Å². The summed E-state index contributed by atoms with van der Waals surface area (Å²) in [7, 11) is -1.56. The number of nitrogens with two attached hydrogens (primary N) is 1. The molecule has 0 radical (unpaired) electrons. The number of amides is 1. The van der Waals surface area contributed by atoms with Gasteiger partial charge in [-0.1, -0.05) is 89.5 Å². The predicted molar refractivity (Wildman–Crippen MR) is 175 cm³/mol. The summed E-state index contributed by atoms with van der Waals surface area (Å²) in [4.78, 5) is 10.8. The summed E-state index contributed by atoms with van der Waals surface area (Å²) in [6, 6.07) is 22.5. The van der Waals surface area contributed by atoms with Gasteiger partial charge in [0.15, 0.2) is 6.61 Å². The van der Waals surface area contributed by atoms with Gasteiger partial charge in [0.05, 0.1) is 6.26 Å². The summed E-state index contributed by atoms with van der Waals surface area (Å²) in [6.07, 6.45) is 8.82. The Labute approximate surface area is 246 Å². The van der Waals surface area contributed by atoms with Gasteiger partial charge in [0, 0.05) is 18.4 Å². The fourth-order valence-electron chi connectivity index (χ4n) is 2.58. The van der Waals surface area contributed by atoms with Crippen molar-refractivity contribution in [1.82, 2.24) is 5.32 Å². The molecule has 8 heteroatoms. The fourth-order valence-corrected chi connectivity index (χ4v) is 3.15. The summed E-state index contributed by atoms with van der Waals surface area (Å²) in [5.74, 6) is 0.592. The summed E-state index contributed by atoms with van der Waals surface area (Å²) in [5.41, 5.74) is 11.7. The molecule has 0 heterocycles. The molecule has 0 fully saturated rings. The number of carbonyl (C=O) groups excluding carboxylic acids is 1. The number of allylic oxidation sites excluding steroid dienone is 5. The van der Waals surface area contributed by atoms with Crippen molar-refractivity contribution < 1.29 is 17.9 Å². The van der Waals surface area contributed by atoms with E-state index in [1.165, 1.54) is 16.7 Å². The normalized spacial score (nSPS) is 9.83. The summed E-state index contributed by atoms with van der Waals surface area (Å²) < 4.78 is 29.1. The lowest BCUT2D eigenvalue weighted by Crippen LogP contribution is -2.24. The largest absolute Gasteiger partial charge is 0.484 e. The van der Waals surface area contributed by atoms with Crippen molar-refractivity contribution in [2.24, 2.45) is 0 Å². The van der Waals surface area contributed by atoms with E-state index in [1.807, 2.05) is 99.7 Å². The number of nitrogen functional groups attached to an aromatic ring is 1. The van der Waals surface area contributed by atoms with Crippen molar-refractivity contribution in [3.63, 3.8) is 0 Å². The van der Waals surface area contributed by atoms with Crippen LogP contribution in [-0.2, 0) is 14.8 Å². The fraction of sp³-hybridized carbons (Fsp3) is 0.242. The molecule has 4 N–H and O–H groups in total. The van der Waals surface area contributed by atoms with Crippen LogP contribution in [-0.4, -0.2) is 34.2 Å². The zero-order valence-corrected chi connectivity index (χ0v) is 26.1. The van der Waals surface area contributed by atoms with Crippen LogP contribution in [0.2, 0.25) is 0 Å². The molecule has 0 unspecified atom stereocenters. The maximum atomic E-state index is 10.8. The topological polar surface area (TPSA) is 111 Å². The van der Waals surface area contributed by atoms with Crippen LogP contribution >= 0.6 is 0 Å². The minimum atomic E-state index is -3.14. The molecule has 3 aromatic rings. The van der Waals surface area contributed by atoms with Crippen molar-refractivity contribution in [3.8, 4) is 5.75 Å². The Morgan fingerprint density at radius 3 is 1.71 bits per heavy atom. The Bertz CT molecular complexity index is 1300. The number of ether oxygens (including phenoxy) is 1. The average molecular weight is 580 g/mol. The predicted octanol–water partition coefficient (Wildman–Crippen LogP) is 6.76. The van der Waals surface area contributed by atoms with Crippen LogP contribution in [0.4, 0.5) is 11.4 Å². The molecule has 7 nitrogen and oxygen atoms in total. The third kappa shape index (κ3) is 22.2. The number of likely N-dealkylation sites (N-methyl/N-ethyl adjacent to an activating group) is 1. The van der Waals surface area contributed by atoms with Gasteiger partial charge in [-0.25, -0.2) is 8.42 Å². The summed E-state index contributed by atoms with van der Waals surface area (Å²) >= 11 is 0. The van der Waals surface area contributed by atoms with Crippen molar-refractivity contribution in [2.45, 2.75) is 34.6 Å². The van der Waals surface area contributed by atoms with E-state index in [9.17, 15) is 13.2 Å². The minimum Gasteiger partial charge on any atom is -0.484 e. The molecule has 0 bridgehead atoms. The van der Waals surface area contributed by atoms with E-state index in [0.717, 1.165) is 17.5 Å². The standard InChI is InChI=1S/C10H13NO2.C8H11NO2S.C8H12.C7H9N/c1-8-3-5-9(6-4-8)13-7-10(12)11-2;1-7-3-5-8(6-4-7)9-12(2,10)11;1-4-5-6-7-8(2)3;1-6-2-4-7(8)5-3-6/h3-6H,7H2,1-2H3,(H,11,12);3-6,9H,1-2H3;4-7H,1H2,2-3H3;2-5H,8H2,1H3/b;;6-5-;. The zero-order chi connectivity index (χ0) is 31.3. The first-order chi connectivity index (χ1) is 19.2. The number of hydrogen-bond donors (Lipinski definition) is 3. The molecular formula is C33H45N3O4S. The highest BCUT2D eigenvalue weighted by molar-refractivity contribution is 7.92. The van der Waals surface area contributed by atoms with Crippen LogP contribution in [0.3, 0.4) is 0 Å². The number of benzene rings is 3. The monoisotopic (exact) mass is 579 g/mol. The lowest BCUT2D eigenvalue weighted by Gasteiger charge is -2.04. The van der Waals surface area contributed by atoms with Gasteiger partial charge in [-0.15, -0.1) is 0 Å². The number of anilines is 2. The second-order valence-electron chi connectivity index (χ2n) is 9.29. The van der Waals surface area contributed by atoms with E-state index in [0.29, 0.717) is 11.4 Å². The Hall–Kier alpha value is -4.30. The molecular weight excluding hydrogens is 534 g/mol. The molecule has 0 saturated heterocycles. The van der Waals surface area contributed by atoms with Gasteiger partial charge in [-0.3, -0.25) is 9.52 Å². The van der Waals surface area contributed by atoms with Crippen molar-refractivity contribution in [3.05, 3.63) is 126 Å². The second-order valence-corrected chi connectivity index (χ2v) is 11.0. The van der Waals surface area contributed by atoms with Crippen LogP contribution in [0.5, 0.6) is 5.75 Å². The van der Waals surface area contributed by atoms with Gasteiger partial charge in [-0.05, 0) is 71.0 Å². The third-order valence-electron chi connectivity index (χ3n) is 4.78. The van der Waals surface area contributed by atoms with Crippen LogP contribution in [0.1, 0.15) is 30.5 Å². The Kier molecular flexibility index (Phi) is 18.4. The molecule has 0 aliphatic rings. The van der Waals surface area contributed by atoms with Gasteiger partial charge in [0.2, 0.25) is 10.0 Å². The van der Waals surface area contributed by atoms with E-state index in [2.05, 4.69) is 30.5 Å². The zero-order valence-electron chi connectivity index (χ0n) is 25.3. The second kappa shape index (κ2) is 20.6. The SMILES string of the molecule is C=C/C=C\C=C(C)C.CNC(=O)COc1ccc(C)cc1.Cc1ccc(N)cc1.Cc1ccc(NS(C)(=O)=O)cc1. The van der Waals surface area contributed by atoms with Crippen LogP contribution < -0.4 is 20.5 Å². The maximum absolute atomic E-state index is 10.8. The first-order valence-electron chi connectivity index (χ1n) is 12.9. The molecule has 0 saturated carbocycles. The molecule has 222 valence electrons. The lowest BCUT2D eigenvalue weighted by molar-refractivity contribution is -0.122. The number of nitrogens with one attached hydrogen (secondary N) is 2. The van der Waals surface area contributed by atoms with Gasteiger partial charge in [0.1, 0.15) is 5.75 Å². The highest BCUT2D eigenvalue weighted by Crippen LogP contribution is 2.11. The number of aryl methyl sites for hydroxylation is 3. The van der Waals surface area contributed by atoms with E-state index >= 15 is 0 Å². The van der Waals surface area contributed by atoms with Crippen LogP contribution in [0.15, 0.2) is 109 Å². The Morgan fingerprint density at radius 2 is 1.32 bits per heavy atom. The first kappa shape index (κ1) is 36.7. The van der Waals surface area contributed by atoms with Crippen LogP contribution in [0.25, 0.3) is 0 Å². The van der Waals surface area contributed by atoms with E-state index in [4.69, 9.17) is 10.5 Å². The molecule has 0 spiro atoms. The van der Waals surface area contributed by atoms with E-state index in [1.54, 1.807) is 25.3 Å². The Balaban J connectivity index is 0.000000533. The van der Waals surface area contributed by atoms with E-state index < -0.39 is 10.0 Å². The van der Waals surface area contributed by atoms with Crippen molar-refractivity contribution in [1.29, 1.82) is 0 Å². The number of carbonyl (C=O) groups is 1. The molecule has 41 heavy (non-hydrogen) atoms. The first-order valence-corrected chi connectivity index (χ1v) is 14.8.